The molecule has 0 radical (unpaired) electrons. The second-order valence-corrected chi connectivity index (χ2v) is 6.39. The van der Waals surface area contributed by atoms with Crippen molar-refractivity contribution >= 4 is 5.97 Å². The number of ether oxygens (including phenoxy) is 2. The monoisotopic (exact) mass is 291 g/mol. The van der Waals surface area contributed by atoms with E-state index in [0.29, 0.717) is 5.75 Å². The van der Waals surface area contributed by atoms with Gasteiger partial charge in [-0.1, -0.05) is 6.07 Å². The highest BCUT2D eigenvalue weighted by Gasteiger charge is 2.38. The maximum Gasteiger partial charge on any atom is 0.308 e. The Hall–Kier alpha value is -1.39. The number of carbonyl (C=O) groups is 1. The summed E-state index contributed by atoms with van der Waals surface area (Å²) in [5, 5.41) is 0. The van der Waals surface area contributed by atoms with Gasteiger partial charge in [-0.05, 0) is 63.9 Å². The van der Waals surface area contributed by atoms with E-state index in [1.165, 1.54) is 6.92 Å². The molecule has 1 aromatic rings. The molecule has 1 atom stereocenters. The molecule has 116 valence electrons. The molecule has 0 amide bonds. The van der Waals surface area contributed by atoms with Gasteiger partial charge < -0.3 is 9.47 Å². The molecule has 2 rings (SSSR count). The highest BCUT2D eigenvalue weighted by atomic mass is 16.5. The number of carbonyl (C=O) groups excluding carboxylic acids is 1. The van der Waals surface area contributed by atoms with E-state index in [1.807, 2.05) is 20.8 Å². The maximum absolute atomic E-state index is 11.4. The first-order valence-electron chi connectivity index (χ1n) is 7.31. The molecular weight excluding hydrogens is 266 g/mol. The van der Waals surface area contributed by atoms with Crippen molar-refractivity contribution in [2.45, 2.75) is 53.4 Å². The van der Waals surface area contributed by atoms with Crippen LogP contribution in [0.15, 0.2) is 6.07 Å². The lowest BCUT2D eigenvalue weighted by Gasteiger charge is -2.26. The number of hydrogen-bond donors (Lipinski definition) is 0. The van der Waals surface area contributed by atoms with Gasteiger partial charge in [0.2, 0.25) is 0 Å². The molecule has 1 heterocycles. The SMILES string of the molecule is CC(=O)Oc1c(C)c(C)cc(C2CN(C)C(C)(C)O2)c1C. The van der Waals surface area contributed by atoms with Crippen LogP contribution in [-0.4, -0.2) is 30.2 Å². The highest BCUT2D eigenvalue weighted by molar-refractivity contribution is 5.71. The van der Waals surface area contributed by atoms with E-state index < -0.39 is 0 Å². The minimum atomic E-state index is -0.289. The van der Waals surface area contributed by atoms with Gasteiger partial charge >= 0.3 is 5.97 Å². The van der Waals surface area contributed by atoms with Crippen LogP contribution >= 0.6 is 0 Å². The van der Waals surface area contributed by atoms with Gasteiger partial charge in [0.25, 0.3) is 0 Å². The second-order valence-electron chi connectivity index (χ2n) is 6.39. The molecule has 1 fully saturated rings. The van der Waals surface area contributed by atoms with Crippen LogP contribution in [0.25, 0.3) is 0 Å². The lowest BCUT2D eigenvalue weighted by Crippen LogP contribution is -2.35. The molecule has 1 aliphatic heterocycles. The second kappa shape index (κ2) is 5.43. The van der Waals surface area contributed by atoms with Gasteiger partial charge in [-0.3, -0.25) is 9.69 Å². The normalized spacial score (nSPS) is 21.6. The van der Waals surface area contributed by atoms with Gasteiger partial charge in [-0.15, -0.1) is 0 Å². The fourth-order valence-electron chi connectivity index (χ4n) is 2.78. The number of hydrogen-bond acceptors (Lipinski definition) is 4. The first kappa shape index (κ1) is 16.0. The van der Waals surface area contributed by atoms with E-state index >= 15 is 0 Å². The lowest BCUT2D eigenvalue weighted by molar-refractivity contribution is -0.132. The molecule has 4 heteroatoms. The van der Waals surface area contributed by atoms with Crippen molar-refractivity contribution in [2.24, 2.45) is 0 Å². The zero-order valence-corrected chi connectivity index (χ0v) is 14.0. The van der Waals surface area contributed by atoms with Crippen LogP contribution in [0.4, 0.5) is 0 Å². The Morgan fingerprint density at radius 3 is 2.43 bits per heavy atom. The summed E-state index contributed by atoms with van der Waals surface area (Å²) in [6.07, 6.45) is -0.00129. The lowest BCUT2D eigenvalue weighted by atomic mass is 9.95. The van der Waals surface area contributed by atoms with Crippen molar-refractivity contribution in [3.05, 3.63) is 28.3 Å². The summed E-state index contributed by atoms with van der Waals surface area (Å²) < 4.78 is 11.6. The molecule has 1 unspecified atom stereocenters. The molecule has 0 aliphatic carbocycles. The van der Waals surface area contributed by atoms with Crippen molar-refractivity contribution in [1.29, 1.82) is 0 Å². The Bertz CT molecular complexity index is 578. The summed E-state index contributed by atoms with van der Waals surface area (Å²) in [5.41, 5.74) is 3.94. The zero-order valence-electron chi connectivity index (χ0n) is 14.0. The van der Waals surface area contributed by atoms with E-state index in [4.69, 9.17) is 9.47 Å². The van der Waals surface area contributed by atoms with Gasteiger partial charge in [0.15, 0.2) is 0 Å². The number of aryl methyl sites for hydroxylation is 1. The Morgan fingerprint density at radius 2 is 1.95 bits per heavy atom. The van der Waals surface area contributed by atoms with Gasteiger partial charge in [0.05, 0.1) is 6.10 Å². The van der Waals surface area contributed by atoms with Gasteiger partial charge in [0.1, 0.15) is 11.5 Å². The predicted octanol–water partition coefficient (Wildman–Crippen LogP) is 3.28. The number of likely N-dealkylation sites (N-methyl/N-ethyl adjacent to an activating group) is 1. The standard InChI is InChI=1S/C17H25NO3/c1-10-8-14(15-9-18(7)17(5,6)21-15)12(3)16(11(10)2)20-13(4)19/h8,15H,9H2,1-7H3. The van der Waals surface area contributed by atoms with Crippen LogP contribution in [0.2, 0.25) is 0 Å². The van der Waals surface area contributed by atoms with E-state index in [-0.39, 0.29) is 17.8 Å². The predicted molar refractivity (Wildman–Crippen MR) is 82.5 cm³/mol. The van der Waals surface area contributed by atoms with Crippen molar-refractivity contribution in [1.82, 2.24) is 4.90 Å². The van der Waals surface area contributed by atoms with E-state index in [9.17, 15) is 4.79 Å². The summed E-state index contributed by atoms with van der Waals surface area (Å²) in [6.45, 7) is 12.4. The molecule has 0 bridgehead atoms. The first-order valence-corrected chi connectivity index (χ1v) is 7.31. The number of rotatable bonds is 2. The van der Waals surface area contributed by atoms with Crippen LogP contribution < -0.4 is 4.74 Å². The fraction of sp³-hybridized carbons (Fsp3) is 0.588. The quantitative estimate of drug-likeness (QED) is 0.619. The number of benzene rings is 1. The summed E-state index contributed by atoms with van der Waals surface area (Å²) in [4.78, 5) is 13.5. The van der Waals surface area contributed by atoms with Crippen molar-refractivity contribution < 1.29 is 14.3 Å². The van der Waals surface area contributed by atoms with E-state index in [2.05, 4.69) is 31.9 Å². The average Bonchev–Trinajstić information content (AvgIpc) is 2.63. The van der Waals surface area contributed by atoms with Crippen LogP contribution in [0.5, 0.6) is 5.75 Å². The molecule has 1 aliphatic rings. The van der Waals surface area contributed by atoms with Crippen LogP contribution in [0, 0.1) is 20.8 Å². The minimum Gasteiger partial charge on any atom is -0.426 e. The van der Waals surface area contributed by atoms with Gasteiger partial charge in [-0.25, -0.2) is 0 Å². The van der Waals surface area contributed by atoms with E-state index in [1.54, 1.807) is 0 Å². The largest absolute Gasteiger partial charge is 0.426 e. The topological polar surface area (TPSA) is 38.8 Å². The molecule has 4 nitrogen and oxygen atoms in total. The van der Waals surface area contributed by atoms with Gasteiger partial charge in [0, 0.05) is 13.5 Å². The Kier molecular flexibility index (Phi) is 4.13. The molecule has 1 saturated heterocycles. The zero-order chi connectivity index (χ0) is 15.9. The van der Waals surface area contributed by atoms with Crippen LogP contribution in [0.1, 0.15) is 49.1 Å². The Morgan fingerprint density at radius 1 is 1.33 bits per heavy atom. The fourth-order valence-corrected chi connectivity index (χ4v) is 2.78. The molecule has 0 saturated carbocycles. The maximum atomic E-state index is 11.4. The summed E-state index contributed by atoms with van der Waals surface area (Å²) in [5.74, 6) is 0.385. The molecule has 0 N–H and O–H groups in total. The third kappa shape index (κ3) is 2.97. The molecule has 1 aromatic carbocycles. The van der Waals surface area contributed by atoms with Crippen LogP contribution in [-0.2, 0) is 9.53 Å². The van der Waals surface area contributed by atoms with Crippen molar-refractivity contribution in [3.8, 4) is 5.75 Å². The molecular formula is C17H25NO3. The third-order valence-corrected chi connectivity index (χ3v) is 4.46. The summed E-state index contributed by atoms with van der Waals surface area (Å²) in [7, 11) is 2.06. The number of nitrogens with zero attached hydrogens (tertiary/aromatic N) is 1. The Balaban J connectivity index is 2.46. The summed E-state index contributed by atoms with van der Waals surface area (Å²) >= 11 is 0. The Labute approximate surface area is 127 Å². The van der Waals surface area contributed by atoms with Crippen molar-refractivity contribution in [2.75, 3.05) is 13.6 Å². The smallest absolute Gasteiger partial charge is 0.308 e. The van der Waals surface area contributed by atoms with E-state index in [0.717, 1.165) is 28.8 Å². The number of esters is 1. The molecule has 21 heavy (non-hydrogen) atoms. The highest BCUT2D eigenvalue weighted by Crippen LogP contribution is 2.39. The van der Waals surface area contributed by atoms with Gasteiger partial charge in [-0.2, -0.15) is 0 Å². The van der Waals surface area contributed by atoms with Crippen molar-refractivity contribution in [3.63, 3.8) is 0 Å². The average molecular weight is 291 g/mol. The third-order valence-electron chi connectivity index (χ3n) is 4.46. The minimum absolute atomic E-state index is 0.00129. The summed E-state index contributed by atoms with van der Waals surface area (Å²) in [6, 6.07) is 2.15. The first-order chi connectivity index (χ1) is 9.63. The van der Waals surface area contributed by atoms with Crippen LogP contribution in [0.3, 0.4) is 0 Å². The molecule has 0 aromatic heterocycles. The molecule has 0 spiro atoms.